The first-order chi connectivity index (χ1) is 14.4. The zero-order valence-corrected chi connectivity index (χ0v) is 18.9. The van der Waals surface area contributed by atoms with Crippen LogP contribution in [0.1, 0.15) is 49.5 Å². The number of halogens is 2. The molecule has 0 atom stereocenters. The third kappa shape index (κ3) is 5.40. The number of rotatable bonds is 5. The number of benzene rings is 2. The summed E-state index contributed by atoms with van der Waals surface area (Å²) < 4.78 is 56.8. The fourth-order valence-corrected chi connectivity index (χ4v) is 5.00. The van der Waals surface area contributed by atoms with Gasteiger partial charge in [-0.15, -0.1) is 0 Å². The van der Waals surface area contributed by atoms with E-state index in [-0.39, 0.29) is 21.8 Å². The number of carbonyl (C=O) groups is 1. The number of hydrogen-bond donors (Lipinski definition) is 2. The van der Waals surface area contributed by atoms with Crippen molar-refractivity contribution in [1.29, 1.82) is 0 Å². The molecule has 3 rings (SSSR count). The summed E-state index contributed by atoms with van der Waals surface area (Å²) in [4.78, 5) is 14.4. The molecule has 0 aromatic heterocycles. The summed E-state index contributed by atoms with van der Waals surface area (Å²) in [5.74, 6) is -2.16. The molecule has 6 nitrogen and oxygen atoms in total. The van der Waals surface area contributed by atoms with Crippen molar-refractivity contribution < 1.29 is 22.0 Å². The molecule has 2 N–H and O–H groups in total. The van der Waals surface area contributed by atoms with Gasteiger partial charge < -0.3 is 10.2 Å². The van der Waals surface area contributed by atoms with Crippen molar-refractivity contribution in [2.24, 2.45) is 0 Å². The Morgan fingerprint density at radius 3 is 2.16 bits per heavy atom. The molecule has 2 aromatic carbocycles. The van der Waals surface area contributed by atoms with Gasteiger partial charge in [-0.05, 0) is 70.4 Å². The van der Waals surface area contributed by atoms with Crippen LogP contribution in [0, 0.1) is 18.6 Å². The Kier molecular flexibility index (Phi) is 6.38. The largest absolute Gasteiger partial charge is 0.367 e. The van der Waals surface area contributed by atoms with Crippen LogP contribution < -0.4 is 14.9 Å². The second-order valence-electron chi connectivity index (χ2n) is 8.77. The molecule has 1 aliphatic rings. The quantitative estimate of drug-likeness (QED) is 0.714. The molecule has 0 saturated carbocycles. The maximum absolute atomic E-state index is 14.6. The van der Waals surface area contributed by atoms with Crippen LogP contribution in [0.3, 0.4) is 0 Å². The maximum Gasteiger partial charge on any atom is 0.255 e. The molecular weight excluding hydrogens is 424 g/mol. The molecule has 168 valence electrons. The van der Waals surface area contributed by atoms with Gasteiger partial charge in [-0.2, -0.15) is 0 Å². The van der Waals surface area contributed by atoms with Gasteiger partial charge in [-0.1, -0.05) is 6.07 Å². The number of nitrogens with one attached hydrogen (secondary N) is 2. The molecule has 0 aliphatic carbocycles. The molecule has 1 amide bonds. The van der Waals surface area contributed by atoms with Gasteiger partial charge in [0.05, 0.1) is 4.90 Å². The molecular formula is C22H27F2N3O3S. The van der Waals surface area contributed by atoms with E-state index in [1.54, 1.807) is 32.6 Å². The van der Waals surface area contributed by atoms with Crippen molar-refractivity contribution in [2.45, 2.75) is 51.0 Å². The highest BCUT2D eigenvalue weighted by Crippen LogP contribution is 2.30. The van der Waals surface area contributed by atoms with Crippen molar-refractivity contribution in [3.63, 3.8) is 0 Å². The molecule has 1 aliphatic heterocycles. The minimum absolute atomic E-state index is 0.0385. The van der Waals surface area contributed by atoms with Gasteiger partial charge in [0.1, 0.15) is 5.69 Å². The number of aryl methyl sites for hydroxylation is 1. The second kappa shape index (κ2) is 8.55. The van der Waals surface area contributed by atoms with E-state index >= 15 is 0 Å². The Hall–Kier alpha value is -2.52. The summed E-state index contributed by atoms with van der Waals surface area (Å²) in [5, 5.41) is 2.47. The fraction of sp³-hybridized carbons (Fsp3) is 0.409. The molecule has 0 spiro atoms. The van der Waals surface area contributed by atoms with E-state index in [1.807, 2.05) is 0 Å². The van der Waals surface area contributed by atoms with E-state index in [0.717, 1.165) is 25.0 Å². The monoisotopic (exact) mass is 451 g/mol. The molecule has 1 fully saturated rings. The highest BCUT2D eigenvalue weighted by molar-refractivity contribution is 7.89. The fourth-order valence-electron chi connectivity index (χ4n) is 3.55. The number of hydrogen-bond acceptors (Lipinski definition) is 4. The van der Waals surface area contributed by atoms with Gasteiger partial charge in [-0.3, -0.25) is 4.79 Å². The zero-order chi connectivity index (χ0) is 23.0. The SMILES string of the molecule is Cc1ccc(S(=O)(=O)NC(C)(C)C)cc1C(=O)Nc1cc(F)c(N2CCCC2)c(F)c1. The third-order valence-corrected chi connectivity index (χ3v) is 6.66. The maximum atomic E-state index is 14.6. The Morgan fingerprint density at radius 1 is 1.03 bits per heavy atom. The molecule has 1 heterocycles. The van der Waals surface area contributed by atoms with Crippen molar-refractivity contribution in [2.75, 3.05) is 23.3 Å². The van der Waals surface area contributed by atoms with E-state index < -0.39 is 33.1 Å². The summed E-state index contributed by atoms with van der Waals surface area (Å²) >= 11 is 0. The van der Waals surface area contributed by atoms with Gasteiger partial charge in [0.25, 0.3) is 5.91 Å². The lowest BCUT2D eigenvalue weighted by Gasteiger charge is -2.21. The van der Waals surface area contributed by atoms with E-state index in [0.29, 0.717) is 18.7 Å². The van der Waals surface area contributed by atoms with Crippen LogP contribution in [-0.2, 0) is 10.0 Å². The van der Waals surface area contributed by atoms with Gasteiger partial charge in [-0.25, -0.2) is 21.9 Å². The molecule has 31 heavy (non-hydrogen) atoms. The average molecular weight is 452 g/mol. The van der Waals surface area contributed by atoms with Crippen LogP contribution in [0.15, 0.2) is 35.2 Å². The van der Waals surface area contributed by atoms with E-state index in [9.17, 15) is 22.0 Å². The molecule has 0 unspecified atom stereocenters. The van der Waals surface area contributed by atoms with Crippen molar-refractivity contribution in [3.05, 3.63) is 53.1 Å². The molecule has 2 aromatic rings. The summed E-state index contributed by atoms with van der Waals surface area (Å²) in [5.41, 5.74) is -0.197. The van der Waals surface area contributed by atoms with Gasteiger partial charge in [0.15, 0.2) is 11.6 Å². The first kappa shape index (κ1) is 23.1. The zero-order valence-electron chi connectivity index (χ0n) is 18.1. The predicted octanol–water partition coefficient (Wildman–Crippen LogP) is 4.20. The lowest BCUT2D eigenvalue weighted by Crippen LogP contribution is -2.40. The highest BCUT2D eigenvalue weighted by atomic mass is 32.2. The lowest BCUT2D eigenvalue weighted by molar-refractivity contribution is 0.102. The second-order valence-corrected chi connectivity index (χ2v) is 10.5. The normalized spacial score (nSPS) is 14.7. The Labute approximate surface area is 181 Å². The smallest absolute Gasteiger partial charge is 0.255 e. The topological polar surface area (TPSA) is 78.5 Å². The lowest BCUT2D eigenvalue weighted by atomic mass is 10.1. The first-order valence-corrected chi connectivity index (χ1v) is 11.6. The number of anilines is 2. The van der Waals surface area contributed by atoms with Crippen LogP contribution in [0.5, 0.6) is 0 Å². The number of sulfonamides is 1. The standard InChI is InChI=1S/C22H27F2N3O3S/c1-14-7-8-16(31(29,30)26-22(2,3)4)13-17(14)21(28)25-15-11-18(23)20(19(24)12-15)27-9-5-6-10-27/h7-8,11-13,26H,5-6,9-10H2,1-4H3,(H,25,28). The van der Waals surface area contributed by atoms with E-state index in [4.69, 9.17) is 0 Å². The van der Waals surface area contributed by atoms with Crippen LogP contribution in [0.25, 0.3) is 0 Å². The van der Waals surface area contributed by atoms with Crippen molar-refractivity contribution in [1.82, 2.24) is 4.72 Å². The van der Waals surface area contributed by atoms with Crippen LogP contribution in [-0.4, -0.2) is 33.0 Å². The van der Waals surface area contributed by atoms with Crippen LogP contribution >= 0.6 is 0 Å². The minimum Gasteiger partial charge on any atom is -0.367 e. The first-order valence-electron chi connectivity index (χ1n) is 10.1. The summed E-state index contributed by atoms with van der Waals surface area (Å²) in [6.07, 6.45) is 1.75. The highest BCUT2D eigenvalue weighted by Gasteiger charge is 2.25. The Morgan fingerprint density at radius 2 is 1.61 bits per heavy atom. The predicted molar refractivity (Wildman–Crippen MR) is 117 cm³/mol. The third-order valence-electron chi connectivity index (χ3n) is 4.90. The summed E-state index contributed by atoms with van der Waals surface area (Å²) in [7, 11) is -3.85. The van der Waals surface area contributed by atoms with Crippen LogP contribution in [0.4, 0.5) is 20.2 Å². The van der Waals surface area contributed by atoms with Gasteiger partial charge >= 0.3 is 0 Å². The number of nitrogens with zero attached hydrogens (tertiary/aromatic N) is 1. The number of carbonyl (C=O) groups excluding carboxylic acids is 1. The van der Waals surface area contributed by atoms with Gasteiger partial charge in [0, 0.05) is 29.9 Å². The summed E-state index contributed by atoms with van der Waals surface area (Å²) in [6.45, 7) is 7.95. The van der Waals surface area contributed by atoms with Crippen LogP contribution in [0.2, 0.25) is 0 Å². The Balaban J connectivity index is 1.87. The molecule has 1 saturated heterocycles. The van der Waals surface area contributed by atoms with Gasteiger partial charge in [0.2, 0.25) is 10.0 Å². The van der Waals surface area contributed by atoms with Crippen molar-refractivity contribution >= 4 is 27.3 Å². The minimum atomic E-state index is -3.85. The van der Waals surface area contributed by atoms with Crippen molar-refractivity contribution in [3.8, 4) is 0 Å². The molecule has 0 radical (unpaired) electrons. The number of amides is 1. The average Bonchev–Trinajstić information content (AvgIpc) is 3.13. The molecule has 0 bridgehead atoms. The van der Waals surface area contributed by atoms with E-state index in [2.05, 4.69) is 10.0 Å². The summed E-state index contributed by atoms with van der Waals surface area (Å²) in [6, 6.07) is 6.33. The Bertz CT molecular complexity index is 1080. The van der Waals surface area contributed by atoms with E-state index in [1.165, 1.54) is 18.2 Å². The molecule has 9 heteroatoms.